The zero-order valence-corrected chi connectivity index (χ0v) is 10.5. The van der Waals surface area contributed by atoms with Crippen LogP contribution >= 0.6 is 0 Å². The molecule has 0 amide bonds. The van der Waals surface area contributed by atoms with E-state index < -0.39 is 5.97 Å². The van der Waals surface area contributed by atoms with Crippen molar-refractivity contribution in [2.75, 3.05) is 0 Å². The standard InChI is InChI=1S/C14H16N2O2/c1-9-3-4-11(10(2)7-9)12-8-15-16-13(12)5-6-14(17)18/h3-4,7-8H,5-6H2,1-2H3,(H,15,16)(H,17,18). The third-order valence-electron chi connectivity index (χ3n) is 2.98. The molecular formula is C14H16N2O2. The average molecular weight is 244 g/mol. The van der Waals surface area contributed by atoms with Gasteiger partial charge < -0.3 is 5.11 Å². The summed E-state index contributed by atoms with van der Waals surface area (Å²) in [5.74, 6) is -0.795. The van der Waals surface area contributed by atoms with Crippen molar-refractivity contribution < 1.29 is 9.90 Å². The number of rotatable bonds is 4. The van der Waals surface area contributed by atoms with Gasteiger partial charge in [-0.3, -0.25) is 9.89 Å². The van der Waals surface area contributed by atoms with E-state index in [0.717, 1.165) is 16.8 Å². The van der Waals surface area contributed by atoms with Crippen LogP contribution in [0.15, 0.2) is 24.4 Å². The topological polar surface area (TPSA) is 66.0 Å². The number of nitrogens with one attached hydrogen (secondary N) is 1. The summed E-state index contributed by atoms with van der Waals surface area (Å²) in [6.07, 6.45) is 2.34. The molecule has 0 unspecified atom stereocenters. The molecule has 0 radical (unpaired) electrons. The molecule has 0 saturated heterocycles. The number of benzene rings is 1. The van der Waals surface area contributed by atoms with Crippen LogP contribution in [0.2, 0.25) is 0 Å². The number of aromatic nitrogens is 2. The third-order valence-corrected chi connectivity index (χ3v) is 2.98. The van der Waals surface area contributed by atoms with Gasteiger partial charge in [-0.05, 0) is 25.0 Å². The van der Waals surface area contributed by atoms with Crippen LogP contribution in [0.3, 0.4) is 0 Å². The third kappa shape index (κ3) is 2.59. The summed E-state index contributed by atoms with van der Waals surface area (Å²) in [6, 6.07) is 6.22. The Labute approximate surface area is 106 Å². The molecule has 2 aromatic rings. The predicted octanol–water partition coefficient (Wildman–Crippen LogP) is 2.71. The molecule has 0 atom stereocenters. The summed E-state index contributed by atoms with van der Waals surface area (Å²) < 4.78 is 0. The lowest BCUT2D eigenvalue weighted by molar-refractivity contribution is -0.136. The fraction of sp³-hybridized carbons (Fsp3) is 0.286. The molecule has 1 aromatic carbocycles. The first-order valence-corrected chi connectivity index (χ1v) is 5.89. The summed E-state index contributed by atoms with van der Waals surface area (Å²) in [6.45, 7) is 4.10. The van der Waals surface area contributed by atoms with Crippen molar-refractivity contribution >= 4 is 5.97 Å². The van der Waals surface area contributed by atoms with E-state index in [2.05, 4.69) is 42.2 Å². The lowest BCUT2D eigenvalue weighted by Gasteiger charge is -2.07. The van der Waals surface area contributed by atoms with E-state index in [1.54, 1.807) is 6.20 Å². The Bertz CT molecular complexity index is 573. The molecule has 0 aliphatic heterocycles. The van der Waals surface area contributed by atoms with Crippen molar-refractivity contribution in [3.63, 3.8) is 0 Å². The number of aryl methyl sites for hydroxylation is 3. The maximum atomic E-state index is 10.6. The van der Waals surface area contributed by atoms with Crippen molar-refractivity contribution in [2.24, 2.45) is 0 Å². The predicted molar refractivity (Wildman–Crippen MR) is 69.5 cm³/mol. The second-order valence-electron chi connectivity index (χ2n) is 4.47. The summed E-state index contributed by atoms with van der Waals surface area (Å²) in [4.78, 5) is 10.6. The van der Waals surface area contributed by atoms with E-state index in [1.807, 2.05) is 0 Å². The quantitative estimate of drug-likeness (QED) is 0.869. The number of hydrogen-bond acceptors (Lipinski definition) is 2. The minimum absolute atomic E-state index is 0.111. The molecule has 0 aliphatic carbocycles. The van der Waals surface area contributed by atoms with Gasteiger partial charge in [0.1, 0.15) is 0 Å². The van der Waals surface area contributed by atoms with Crippen LogP contribution in [-0.4, -0.2) is 21.3 Å². The molecular weight excluding hydrogens is 228 g/mol. The van der Waals surface area contributed by atoms with E-state index in [-0.39, 0.29) is 6.42 Å². The maximum absolute atomic E-state index is 10.6. The van der Waals surface area contributed by atoms with Crippen LogP contribution in [0.5, 0.6) is 0 Å². The normalized spacial score (nSPS) is 10.6. The Hall–Kier alpha value is -2.10. The maximum Gasteiger partial charge on any atom is 0.303 e. The van der Waals surface area contributed by atoms with E-state index in [1.165, 1.54) is 11.1 Å². The van der Waals surface area contributed by atoms with Gasteiger partial charge in [0, 0.05) is 17.7 Å². The first-order valence-electron chi connectivity index (χ1n) is 5.89. The highest BCUT2D eigenvalue weighted by Gasteiger charge is 2.11. The van der Waals surface area contributed by atoms with Crippen LogP contribution < -0.4 is 0 Å². The molecule has 0 saturated carbocycles. The van der Waals surface area contributed by atoms with Gasteiger partial charge in [-0.25, -0.2) is 0 Å². The Kier molecular flexibility index (Phi) is 3.46. The molecule has 1 heterocycles. The Morgan fingerprint density at radius 2 is 2.11 bits per heavy atom. The van der Waals surface area contributed by atoms with Crippen LogP contribution in [0.4, 0.5) is 0 Å². The van der Waals surface area contributed by atoms with Gasteiger partial charge in [0.2, 0.25) is 0 Å². The number of aromatic amines is 1. The number of carboxylic acid groups (broad SMARTS) is 1. The molecule has 1 aromatic heterocycles. The van der Waals surface area contributed by atoms with E-state index in [4.69, 9.17) is 5.11 Å². The number of hydrogen-bond donors (Lipinski definition) is 2. The van der Waals surface area contributed by atoms with E-state index in [9.17, 15) is 4.79 Å². The van der Waals surface area contributed by atoms with Gasteiger partial charge in [0.15, 0.2) is 0 Å². The van der Waals surface area contributed by atoms with Crippen LogP contribution in [0, 0.1) is 13.8 Å². The minimum Gasteiger partial charge on any atom is -0.481 e. The highest BCUT2D eigenvalue weighted by atomic mass is 16.4. The van der Waals surface area contributed by atoms with Gasteiger partial charge in [0.05, 0.1) is 12.6 Å². The number of aliphatic carboxylic acids is 1. The van der Waals surface area contributed by atoms with Crippen molar-refractivity contribution in [2.45, 2.75) is 26.7 Å². The minimum atomic E-state index is -0.795. The molecule has 2 rings (SSSR count). The average Bonchev–Trinajstić information content (AvgIpc) is 2.74. The summed E-state index contributed by atoms with van der Waals surface area (Å²) in [5, 5.41) is 15.6. The van der Waals surface area contributed by atoms with Crippen molar-refractivity contribution in [3.05, 3.63) is 41.2 Å². The molecule has 0 fully saturated rings. The zero-order valence-electron chi connectivity index (χ0n) is 10.5. The molecule has 4 heteroatoms. The van der Waals surface area contributed by atoms with Crippen molar-refractivity contribution in [1.82, 2.24) is 10.2 Å². The number of nitrogens with zero attached hydrogens (tertiary/aromatic N) is 1. The molecule has 4 nitrogen and oxygen atoms in total. The molecule has 18 heavy (non-hydrogen) atoms. The largest absolute Gasteiger partial charge is 0.481 e. The van der Waals surface area contributed by atoms with Crippen molar-refractivity contribution in [1.29, 1.82) is 0 Å². The summed E-state index contributed by atoms with van der Waals surface area (Å²) >= 11 is 0. The molecule has 0 spiro atoms. The van der Waals surface area contributed by atoms with Crippen LogP contribution in [0.1, 0.15) is 23.2 Å². The second kappa shape index (κ2) is 5.04. The van der Waals surface area contributed by atoms with Gasteiger partial charge in [-0.15, -0.1) is 0 Å². The van der Waals surface area contributed by atoms with Crippen LogP contribution in [0.25, 0.3) is 11.1 Å². The van der Waals surface area contributed by atoms with E-state index >= 15 is 0 Å². The summed E-state index contributed by atoms with van der Waals surface area (Å²) in [5.41, 5.74) is 5.37. The lowest BCUT2D eigenvalue weighted by atomic mass is 9.98. The fourth-order valence-corrected chi connectivity index (χ4v) is 2.08. The van der Waals surface area contributed by atoms with Gasteiger partial charge >= 0.3 is 5.97 Å². The summed E-state index contributed by atoms with van der Waals surface area (Å²) in [7, 11) is 0. The first-order chi connectivity index (χ1) is 8.58. The SMILES string of the molecule is Cc1ccc(-c2cn[nH]c2CCC(=O)O)c(C)c1. The highest BCUT2D eigenvalue weighted by molar-refractivity contribution is 5.71. The fourth-order valence-electron chi connectivity index (χ4n) is 2.08. The second-order valence-corrected chi connectivity index (χ2v) is 4.47. The lowest BCUT2D eigenvalue weighted by Crippen LogP contribution is -1.99. The number of carbonyl (C=O) groups is 1. The molecule has 0 aliphatic rings. The molecule has 94 valence electrons. The zero-order chi connectivity index (χ0) is 13.1. The monoisotopic (exact) mass is 244 g/mol. The first kappa shape index (κ1) is 12.4. The van der Waals surface area contributed by atoms with Crippen molar-refractivity contribution in [3.8, 4) is 11.1 Å². The van der Waals surface area contributed by atoms with E-state index in [0.29, 0.717) is 6.42 Å². The molecule has 0 bridgehead atoms. The Morgan fingerprint density at radius 3 is 2.78 bits per heavy atom. The van der Waals surface area contributed by atoms with Gasteiger partial charge in [-0.2, -0.15) is 5.10 Å². The molecule has 2 N–H and O–H groups in total. The number of carboxylic acids is 1. The smallest absolute Gasteiger partial charge is 0.303 e. The Balaban J connectivity index is 2.33. The highest BCUT2D eigenvalue weighted by Crippen LogP contribution is 2.26. The van der Waals surface area contributed by atoms with Crippen LogP contribution in [-0.2, 0) is 11.2 Å². The number of H-pyrrole nitrogens is 1. The Morgan fingerprint density at radius 1 is 1.33 bits per heavy atom. The van der Waals surface area contributed by atoms with Gasteiger partial charge in [0.25, 0.3) is 0 Å². The van der Waals surface area contributed by atoms with Gasteiger partial charge in [-0.1, -0.05) is 23.8 Å².